The maximum absolute atomic E-state index is 14.9. The van der Waals surface area contributed by atoms with Crippen molar-refractivity contribution in [3.8, 4) is 0 Å². The first kappa shape index (κ1) is 26.0. The molecule has 2 aromatic rings. The van der Waals surface area contributed by atoms with Crippen LogP contribution in [-0.2, 0) is 9.59 Å². The number of amides is 3. The van der Waals surface area contributed by atoms with Crippen molar-refractivity contribution in [3.63, 3.8) is 0 Å². The first-order valence-electron chi connectivity index (χ1n) is 9.36. The van der Waals surface area contributed by atoms with E-state index in [1.165, 1.54) is 18.2 Å². The van der Waals surface area contributed by atoms with E-state index in [0.29, 0.717) is 11.9 Å². The van der Waals surface area contributed by atoms with Crippen LogP contribution >= 0.6 is 46.8 Å². The molecule has 0 radical (unpaired) electrons. The summed E-state index contributed by atoms with van der Waals surface area (Å²) in [6.45, 7) is 0. The van der Waals surface area contributed by atoms with Crippen molar-refractivity contribution in [2.24, 2.45) is 16.8 Å². The highest BCUT2D eigenvalue weighted by Crippen LogP contribution is 2.53. The van der Waals surface area contributed by atoms with E-state index in [9.17, 15) is 23.2 Å². The van der Waals surface area contributed by atoms with Crippen LogP contribution in [0.5, 0.6) is 0 Å². The number of benzene rings is 2. The number of hydrogen-bond acceptors (Lipinski definition) is 6. The van der Waals surface area contributed by atoms with Crippen LogP contribution in [0.2, 0.25) is 5.02 Å². The zero-order chi connectivity index (χ0) is 25.2. The topological polar surface area (TPSA) is 139 Å². The maximum Gasteiger partial charge on any atom is 0.265 e. The summed E-state index contributed by atoms with van der Waals surface area (Å²) in [6, 6.07) is 5.87. The van der Waals surface area contributed by atoms with Crippen molar-refractivity contribution in [1.29, 1.82) is 0 Å². The predicted octanol–water partition coefficient (Wildman–Crippen LogP) is 4.35. The minimum Gasteiger partial charge on any atom is -0.403 e. The van der Waals surface area contributed by atoms with Gasteiger partial charge in [-0.3, -0.25) is 19.5 Å². The van der Waals surface area contributed by atoms with Crippen LogP contribution in [0.25, 0.3) is 0 Å². The lowest BCUT2D eigenvalue weighted by Crippen LogP contribution is -2.19. The van der Waals surface area contributed by atoms with Gasteiger partial charge in [-0.25, -0.2) is 8.78 Å². The highest BCUT2D eigenvalue weighted by atomic mass is 35.5. The second-order valence-corrected chi connectivity index (χ2v) is 9.67. The smallest absolute Gasteiger partial charge is 0.265 e. The quantitative estimate of drug-likeness (QED) is 0.197. The van der Waals surface area contributed by atoms with E-state index < -0.39 is 51.0 Å². The number of halogens is 5. The molecule has 0 aliphatic heterocycles. The Balaban J connectivity index is 1.80. The van der Waals surface area contributed by atoms with Crippen molar-refractivity contribution in [3.05, 3.63) is 63.7 Å². The van der Waals surface area contributed by atoms with Crippen molar-refractivity contribution in [2.45, 2.75) is 10.8 Å². The molecule has 1 saturated carbocycles. The van der Waals surface area contributed by atoms with Crippen LogP contribution in [0.4, 0.5) is 25.8 Å². The molecule has 0 spiro atoms. The third-order valence-corrected chi connectivity index (χ3v) is 6.44. The second-order valence-electron chi connectivity index (χ2n) is 7.04. The first-order valence-corrected chi connectivity index (χ1v) is 11.4. The number of carbonyl (C=O) groups is 3. The van der Waals surface area contributed by atoms with Crippen molar-refractivity contribution in [1.82, 2.24) is 0 Å². The number of anilines is 3. The fourth-order valence-electron chi connectivity index (χ4n) is 2.80. The van der Waals surface area contributed by atoms with E-state index in [0.717, 1.165) is 18.3 Å². The van der Waals surface area contributed by atoms with Gasteiger partial charge in [-0.1, -0.05) is 11.6 Å². The predicted molar refractivity (Wildman–Crippen MR) is 130 cm³/mol. The number of hydrogen-bond donors (Lipinski definition) is 5. The maximum atomic E-state index is 14.9. The standard InChI is InChI=1S/C20H16Cl3F2N5O3S/c21-11-2-1-8(28-18(32)10-6-20(10,22)23)5-9(11)17(31)29-13-4-3-12(24)16(15(13)25)30-19(33)14(7-26)34-27/h1-5,7,10H,6,26-27H2,(H,28,32)(H,29,31)(H,30,33)/b14-7-. The SMILES string of the molecule is N/C=C(\SN)C(=O)Nc1c(F)ccc(NC(=O)c2cc(NC(=O)C3CC3(Cl)Cl)ccc2Cl)c1F. The summed E-state index contributed by atoms with van der Waals surface area (Å²) < 4.78 is 27.9. The molecule has 0 aromatic heterocycles. The van der Waals surface area contributed by atoms with Gasteiger partial charge in [-0.05, 0) is 48.7 Å². The normalized spacial score (nSPS) is 16.5. The van der Waals surface area contributed by atoms with Crippen LogP contribution < -0.4 is 26.8 Å². The number of carbonyl (C=O) groups excluding carboxylic acids is 3. The van der Waals surface area contributed by atoms with Gasteiger partial charge in [0.2, 0.25) is 5.91 Å². The molecule has 0 saturated heterocycles. The molecule has 1 aliphatic rings. The lowest BCUT2D eigenvalue weighted by molar-refractivity contribution is -0.117. The molecule has 34 heavy (non-hydrogen) atoms. The van der Waals surface area contributed by atoms with Crippen molar-refractivity contribution in [2.75, 3.05) is 16.0 Å². The fraction of sp³-hybridized carbons (Fsp3) is 0.150. The molecule has 1 fully saturated rings. The van der Waals surface area contributed by atoms with Gasteiger partial charge in [-0.15, -0.1) is 23.2 Å². The Bertz CT molecular complexity index is 1210. The summed E-state index contributed by atoms with van der Waals surface area (Å²) in [6.07, 6.45) is 1.16. The molecule has 2 aromatic carbocycles. The number of alkyl halides is 2. The summed E-state index contributed by atoms with van der Waals surface area (Å²) in [7, 11) is 0. The van der Waals surface area contributed by atoms with Crippen molar-refractivity contribution >= 4 is 81.5 Å². The number of rotatable bonds is 7. The number of nitrogens with one attached hydrogen (secondary N) is 3. The van der Waals surface area contributed by atoms with Gasteiger partial charge in [0.25, 0.3) is 11.8 Å². The van der Waals surface area contributed by atoms with Crippen LogP contribution in [-0.4, -0.2) is 22.1 Å². The Kier molecular flexibility index (Phi) is 7.94. The van der Waals surface area contributed by atoms with E-state index in [1.807, 2.05) is 5.32 Å². The Morgan fingerprint density at radius 2 is 1.79 bits per heavy atom. The van der Waals surface area contributed by atoms with E-state index in [-0.39, 0.29) is 27.6 Å². The fourth-order valence-corrected chi connectivity index (χ4v) is 3.75. The van der Waals surface area contributed by atoms with E-state index in [2.05, 4.69) is 10.6 Å². The molecular formula is C20H16Cl3F2N5O3S. The average Bonchev–Trinajstić information content (AvgIpc) is 3.43. The van der Waals surface area contributed by atoms with E-state index >= 15 is 0 Å². The molecule has 1 aliphatic carbocycles. The average molecular weight is 551 g/mol. The molecule has 14 heteroatoms. The lowest BCUT2D eigenvalue weighted by atomic mass is 10.1. The van der Waals surface area contributed by atoms with E-state index in [1.54, 1.807) is 0 Å². The Labute approximate surface area is 211 Å². The Morgan fingerprint density at radius 3 is 2.38 bits per heavy atom. The largest absolute Gasteiger partial charge is 0.403 e. The molecule has 0 bridgehead atoms. The van der Waals surface area contributed by atoms with Gasteiger partial charge >= 0.3 is 0 Å². The van der Waals surface area contributed by atoms with Crippen LogP contribution in [0.15, 0.2) is 41.4 Å². The molecule has 1 atom stereocenters. The molecular weight excluding hydrogens is 535 g/mol. The molecule has 8 nitrogen and oxygen atoms in total. The number of nitrogens with two attached hydrogens (primary N) is 2. The second kappa shape index (κ2) is 10.4. The minimum absolute atomic E-state index is 0.000282. The van der Waals surface area contributed by atoms with Gasteiger partial charge in [0.15, 0.2) is 5.82 Å². The summed E-state index contributed by atoms with van der Waals surface area (Å²) >= 11 is 18.3. The Hall–Kier alpha value is -2.57. The third kappa shape index (κ3) is 5.73. The highest BCUT2D eigenvalue weighted by Gasteiger charge is 2.56. The third-order valence-electron chi connectivity index (χ3n) is 4.70. The van der Waals surface area contributed by atoms with Gasteiger partial charge in [-0.2, -0.15) is 0 Å². The lowest BCUT2D eigenvalue weighted by Gasteiger charge is -2.13. The zero-order valence-electron chi connectivity index (χ0n) is 16.9. The molecule has 3 amide bonds. The summed E-state index contributed by atoms with van der Waals surface area (Å²) in [5.41, 5.74) is 4.09. The summed E-state index contributed by atoms with van der Waals surface area (Å²) in [5.74, 6) is -5.20. The summed E-state index contributed by atoms with van der Waals surface area (Å²) in [5, 5.41) is 12.1. The van der Waals surface area contributed by atoms with Crippen LogP contribution in [0, 0.1) is 17.6 Å². The minimum atomic E-state index is -1.25. The van der Waals surface area contributed by atoms with Crippen molar-refractivity contribution < 1.29 is 23.2 Å². The highest BCUT2D eigenvalue weighted by molar-refractivity contribution is 8.01. The summed E-state index contributed by atoms with van der Waals surface area (Å²) in [4.78, 5) is 36.8. The van der Waals surface area contributed by atoms with Gasteiger partial charge in [0.05, 0.1) is 22.2 Å². The van der Waals surface area contributed by atoms with E-state index in [4.69, 9.17) is 45.7 Å². The molecule has 180 valence electrons. The molecule has 1 unspecified atom stereocenters. The van der Waals surface area contributed by atoms with Gasteiger partial charge < -0.3 is 21.7 Å². The Morgan fingerprint density at radius 1 is 1.12 bits per heavy atom. The molecule has 7 N–H and O–H groups in total. The first-order chi connectivity index (χ1) is 16.0. The molecule has 0 heterocycles. The monoisotopic (exact) mass is 549 g/mol. The molecule has 3 rings (SSSR count). The van der Waals surface area contributed by atoms with Gasteiger partial charge in [0.1, 0.15) is 20.7 Å². The zero-order valence-corrected chi connectivity index (χ0v) is 20.0. The van der Waals surface area contributed by atoms with Gasteiger partial charge in [0, 0.05) is 11.9 Å². The van der Waals surface area contributed by atoms with Crippen LogP contribution in [0.1, 0.15) is 16.8 Å². The van der Waals surface area contributed by atoms with Crippen LogP contribution in [0.3, 0.4) is 0 Å².